The van der Waals surface area contributed by atoms with E-state index in [9.17, 15) is 8.78 Å². The maximum atomic E-state index is 13.1. The van der Waals surface area contributed by atoms with Crippen molar-refractivity contribution in [3.8, 4) is 0 Å². The van der Waals surface area contributed by atoms with Crippen LogP contribution in [-0.2, 0) is 0 Å². The molecule has 1 rings (SSSR count). The van der Waals surface area contributed by atoms with Gasteiger partial charge in [-0.15, -0.1) is 0 Å². The summed E-state index contributed by atoms with van der Waals surface area (Å²) < 4.78 is 25.7. The molecule has 0 aliphatic heterocycles. The third kappa shape index (κ3) is 2.86. The number of nitrogens with one attached hydrogen (secondary N) is 1. The van der Waals surface area contributed by atoms with E-state index < -0.39 is 11.6 Å². The Hall–Kier alpha value is -0.800. The molecule has 0 aliphatic rings. The number of anilines is 1. The van der Waals surface area contributed by atoms with E-state index in [1.165, 1.54) is 5.54 Å². The zero-order chi connectivity index (χ0) is 10.6. The first-order chi connectivity index (χ1) is 6.65. The predicted octanol–water partition coefficient (Wildman–Crippen LogP) is 3.78. The lowest BCUT2D eigenvalue weighted by Gasteiger charge is -2.07. The Morgan fingerprint density at radius 3 is 2.64 bits per heavy atom. The Kier molecular flexibility index (Phi) is 4.17. The highest BCUT2D eigenvalue weighted by molar-refractivity contribution is 6.33. The molecule has 1 N–H and O–H groups in total. The SMILES string of the molecule is Fc1cc(F)c(NC/C=C/Cl)c(Cl)c1. The molecule has 0 saturated carbocycles. The Labute approximate surface area is 90.3 Å². The highest BCUT2D eigenvalue weighted by Gasteiger charge is 2.08. The summed E-state index contributed by atoms with van der Waals surface area (Å²) in [5.41, 5.74) is 1.37. The van der Waals surface area contributed by atoms with Crippen molar-refractivity contribution in [2.75, 3.05) is 11.9 Å². The van der Waals surface area contributed by atoms with E-state index in [4.69, 9.17) is 23.2 Å². The van der Waals surface area contributed by atoms with Gasteiger partial charge < -0.3 is 5.32 Å². The third-order valence-corrected chi connectivity index (χ3v) is 1.97. The Morgan fingerprint density at radius 1 is 1.36 bits per heavy atom. The molecule has 0 atom stereocenters. The molecule has 0 bridgehead atoms. The van der Waals surface area contributed by atoms with Crippen LogP contribution in [0.4, 0.5) is 14.5 Å². The Balaban J connectivity index is 2.85. The second-order valence-corrected chi connectivity index (χ2v) is 3.15. The van der Waals surface area contributed by atoms with Crippen molar-refractivity contribution in [3.63, 3.8) is 0 Å². The first-order valence-electron chi connectivity index (χ1n) is 3.79. The molecule has 76 valence electrons. The molecule has 0 aliphatic carbocycles. The molecule has 5 heteroatoms. The van der Waals surface area contributed by atoms with Crippen LogP contribution in [0.5, 0.6) is 0 Å². The molecule has 14 heavy (non-hydrogen) atoms. The number of hydrogen-bond acceptors (Lipinski definition) is 1. The lowest BCUT2D eigenvalue weighted by Crippen LogP contribution is -2.01. The molecule has 0 aromatic heterocycles. The lowest BCUT2D eigenvalue weighted by molar-refractivity contribution is 0.585. The minimum Gasteiger partial charge on any atom is -0.378 e. The fraction of sp³-hybridized carbons (Fsp3) is 0.111. The second kappa shape index (κ2) is 5.17. The van der Waals surface area contributed by atoms with E-state index in [2.05, 4.69) is 5.32 Å². The quantitative estimate of drug-likeness (QED) is 0.844. The standard InChI is InChI=1S/C9H7Cl2F2N/c10-2-1-3-14-9-7(11)4-6(12)5-8(9)13/h1-2,4-5,14H,3H2/b2-1+. The van der Waals surface area contributed by atoms with Crippen LogP contribution in [0.2, 0.25) is 5.02 Å². The van der Waals surface area contributed by atoms with Gasteiger partial charge in [-0.2, -0.15) is 0 Å². The van der Waals surface area contributed by atoms with Gasteiger partial charge in [0.2, 0.25) is 0 Å². The average Bonchev–Trinajstić information content (AvgIpc) is 2.09. The van der Waals surface area contributed by atoms with E-state index in [0.29, 0.717) is 6.54 Å². The monoisotopic (exact) mass is 237 g/mol. The molecule has 1 aromatic rings. The van der Waals surface area contributed by atoms with Crippen molar-refractivity contribution in [1.82, 2.24) is 0 Å². The minimum atomic E-state index is -0.724. The van der Waals surface area contributed by atoms with Crippen LogP contribution in [-0.4, -0.2) is 6.54 Å². The summed E-state index contributed by atoms with van der Waals surface area (Å²) in [4.78, 5) is 0. The van der Waals surface area contributed by atoms with Gasteiger partial charge in [-0.1, -0.05) is 29.3 Å². The van der Waals surface area contributed by atoms with Crippen molar-refractivity contribution in [2.24, 2.45) is 0 Å². The molecule has 0 spiro atoms. The summed E-state index contributed by atoms with van der Waals surface area (Å²) in [6.45, 7) is 0.325. The van der Waals surface area contributed by atoms with Gasteiger partial charge in [0.25, 0.3) is 0 Å². The van der Waals surface area contributed by atoms with Crippen molar-refractivity contribution in [2.45, 2.75) is 0 Å². The summed E-state index contributed by atoms with van der Waals surface area (Å²) in [5, 5.41) is 2.67. The summed E-state index contributed by atoms with van der Waals surface area (Å²) in [6.07, 6.45) is 1.57. The Morgan fingerprint density at radius 2 is 2.07 bits per heavy atom. The van der Waals surface area contributed by atoms with Crippen LogP contribution < -0.4 is 5.32 Å². The maximum Gasteiger partial charge on any atom is 0.150 e. The lowest BCUT2D eigenvalue weighted by atomic mass is 10.3. The second-order valence-electron chi connectivity index (χ2n) is 2.49. The van der Waals surface area contributed by atoms with Gasteiger partial charge in [0.15, 0.2) is 5.82 Å². The van der Waals surface area contributed by atoms with Gasteiger partial charge in [0.1, 0.15) is 5.82 Å². The van der Waals surface area contributed by atoms with Gasteiger partial charge in [0.05, 0.1) is 10.7 Å². The molecule has 0 saturated heterocycles. The molecule has 1 nitrogen and oxygen atoms in total. The third-order valence-electron chi connectivity index (χ3n) is 1.49. The van der Waals surface area contributed by atoms with Crippen molar-refractivity contribution in [1.29, 1.82) is 0 Å². The van der Waals surface area contributed by atoms with E-state index >= 15 is 0 Å². The maximum absolute atomic E-state index is 13.1. The zero-order valence-corrected chi connectivity index (χ0v) is 8.54. The van der Waals surface area contributed by atoms with Crippen molar-refractivity contribution >= 4 is 28.9 Å². The normalized spacial score (nSPS) is 10.9. The summed E-state index contributed by atoms with van der Waals surface area (Å²) >= 11 is 10.9. The molecule has 0 radical (unpaired) electrons. The average molecular weight is 238 g/mol. The largest absolute Gasteiger partial charge is 0.378 e. The topological polar surface area (TPSA) is 12.0 Å². The minimum absolute atomic E-state index is 0.00507. The van der Waals surface area contributed by atoms with Gasteiger partial charge in [-0.3, -0.25) is 0 Å². The van der Waals surface area contributed by atoms with Gasteiger partial charge in [0, 0.05) is 18.1 Å². The summed E-state index contributed by atoms with van der Waals surface area (Å²) in [7, 11) is 0. The molecule has 0 fully saturated rings. The molecular formula is C9H7Cl2F2N. The van der Waals surface area contributed by atoms with Crippen LogP contribution in [0, 0.1) is 11.6 Å². The fourth-order valence-electron chi connectivity index (χ4n) is 0.917. The highest BCUT2D eigenvalue weighted by Crippen LogP contribution is 2.25. The number of halogens is 4. The Bertz CT molecular complexity index is 330. The molecule has 1 aromatic carbocycles. The molecule has 0 amide bonds. The van der Waals surface area contributed by atoms with E-state index in [1.807, 2.05) is 0 Å². The van der Waals surface area contributed by atoms with E-state index in [1.54, 1.807) is 6.08 Å². The van der Waals surface area contributed by atoms with Crippen LogP contribution in [0.15, 0.2) is 23.7 Å². The van der Waals surface area contributed by atoms with Crippen LogP contribution in [0.3, 0.4) is 0 Å². The van der Waals surface area contributed by atoms with Crippen LogP contribution in [0.1, 0.15) is 0 Å². The van der Waals surface area contributed by atoms with E-state index in [-0.39, 0.29) is 10.7 Å². The van der Waals surface area contributed by atoms with Gasteiger partial charge in [-0.25, -0.2) is 8.78 Å². The predicted molar refractivity (Wildman–Crippen MR) is 54.9 cm³/mol. The van der Waals surface area contributed by atoms with Gasteiger partial charge in [-0.05, 0) is 6.07 Å². The smallest absolute Gasteiger partial charge is 0.150 e. The number of benzene rings is 1. The van der Waals surface area contributed by atoms with Crippen molar-refractivity contribution < 1.29 is 8.78 Å². The molecule has 0 unspecified atom stereocenters. The first kappa shape index (κ1) is 11.3. The summed E-state index contributed by atoms with van der Waals surface area (Å²) in [6, 6.07) is 1.80. The summed E-state index contributed by atoms with van der Waals surface area (Å²) in [5.74, 6) is -1.43. The van der Waals surface area contributed by atoms with Crippen LogP contribution >= 0.6 is 23.2 Å². The molecule has 0 heterocycles. The first-order valence-corrected chi connectivity index (χ1v) is 4.60. The zero-order valence-electron chi connectivity index (χ0n) is 7.03. The number of rotatable bonds is 3. The fourth-order valence-corrected chi connectivity index (χ4v) is 1.27. The van der Waals surface area contributed by atoms with Gasteiger partial charge >= 0.3 is 0 Å². The number of hydrogen-bond donors (Lipinski definition) is 1. The highest BCUT2D eigenvalue weighted by atomic mass is 35.5. The van der Waals surface area contributed by atoms with E-state index in [0.717, 1.165) is 12.1 Å². The van der Waals surface area contributed by atoms with Crippen molar-refractivity contribution in [3.05, 3.63) is 40.4 Å². The van der Waals surface area contributed by atoms with Crippen LogP contribution in [0.25, 0.3) is 0 Å². The molecular weight excluding hydrogens is 231 g/mol.